The second-order valence-corrected chi connectivity index (χ2v) is 15.3. The van der Waals surface area contributed by atoms with Crippen LogP contribution in [0.1, 0.15) is 40.3 Å². The number of ether oxygens (including phenoxy) is 2. The quantitative estimate of drug-likeness (QED) is 0.161. The standard InChI is InChI=1S/C36H31ClFIN7O3/c37-26-6-4-24(28(38)18-26)21-49-35-3-1-2-29(43-35)22-10-13-45(14-11-22)20-34-42-31-17-23(5-9-32(31)46(34)39-33-12-15-48-33)36(47)41-27-7-8-30-25(16-27)19-40-44-30/h1-10,16-19,33H,11-15,20-21H2,(H,40,44)(H,41,47)/q-1/t33-/m0/s1. The van der Waals surface area contributed by atoms with E-state index in [-0.39, 0.29) is 16.6 Å². The van der Waals surface area contributed by atoms with Crippen LogP contribution in [-0.4, -0.2) is 57.6 Å². The summed E-state index contributed by atoms with van der Waals surface area (Å²) in [6.45, 7) is 3.13. The number of aromatic nitrogens is 5. The number of hydrogen-bond donors (Lipinski definition) is 2. The molecule has 0 aliphatic carbocycles. The van der Waals surface area contributed by atoms with E-state index in [9.17, 15) is 9.18 Å². The second-order valence-electron chi connectivity index (χ2n) is 11.9. The molecule has 3 aromatic heterocycles. The molecule has 0 unspecified atom stereocenters. The zero-order valence-corrected chi connectivity index (χ0v) is 29.1. The number of carbonyl (C=O) groups excluding carboxylic acids is 1. The van der Waals surface area contributed by atoms with Gasteiger partial charge in [0.05, 0.1) is 0 Å². The Morgan fingerprint density at radius 1 is 1.12 bits per heavy atom. The number of carbonyl (C=O) groups is 1. The van der Waals surface area contributed by atoms with Crippen LogP contribution < -0.4 is 31.5 Å². The maximum absolute atomic E-state index is 14.2. The van der Waals surface area contributed by atoms with Crippen LogP contribution in [0.5, 0.6) is 5.88 Å². The predicted octanol–water partition coefficient (Wildman–Crippen LogP) is 3.82. The molecular formula is C36H31ClFIN7O3-. The number of aromatic amines is 1. The molecular weight excluding hydrogens is 760 g/mol. The van der Waals surface area contributed by atoms with Crippen LogP contribution in [-0.2, 0) is 17.9 Å². The summed E-state index contributed by atoms with van der Waals surface area (Å²) in [6, 6.07) is 21.6. The van der Waals surface area contributed by atoms with E-state index in [1.807, 2.05) is 48.5 Å². The van der Waals surface area contributed by atoms with Crippen molar-refractivity contribution in [3.8, 4) is 5.88 Å². The average Bonchev–Trinajstić information content (AvgIpc) is 3.70. The zero-order valence-electron chi connectivity index (χ0n) is 26.2. The molecule has 1 amide bonds. The van der Waals surface area contributed by atoms with Gasteiger partial charge in [-0.1, -0.05) is 17.7 Å². The number of pyridine rings is 1. The molecule has 0 saturated carbocycles. The van der Waals surface area contributed by atoms with Crippen molar-refractivity contribution in [2.45, 2.75) is 30.1 Å². The van der Waals surface area contributed by atoms with Crippen molar-refractivity contribution in [1.29, 1.82) is 0 Å². The first-order chi connectivity index (χ1) is 23.9. The molecule has 10 nitrogen and oxygen atoms in total. The first kappa shape index (κ1) is 31.9. The Kier molecular flexibility index (Phi) is 9.02. The molecule has 0 bridgehead atoms. The molecule has 250 valence electrons. The van der Waals surface area contributed by atoms with E-state index < -0.39 is 27.3 Å². The molecule has 2 aliphatic rings. The topological polar surface area (TPSA) is 110 Å². The van der Waals surface area contributed by atoms with Gasteiger partial charge in [0, 0.05) is 10.6 Å². The number of fused-ring (bicyclic) bond motifs is 2. The number of nitrogens with zero attached hydrogens (tertiary/aromatic N) is 5. The fourth-order valence-electron chi connectivity index (χ4n) is 5.82. The van der Waals surface area contributed by atoms with Crippen molar-refractivity contribution >= 4 is 50.7 Å². The molecule has 8 rings (SSSR count). The number of benzene rings is 3. The van der Waals surface area contributed by atoms with Gasteiger partial charge in [-0.2, -0.15) is 0 Å². The SMILES string of the molecule is O=C(Nc1ccc2[nH]ncc2c1)c1ccc2c(c1)nc(CN1CC=C(c3cccc(OCc4ccc(Cl)cc4F)n3)CC1)n2[I-][C@@H]1CCO1. The van der Waals surface area contributed by atoms with E-state index >= 15 is 0 Å². The molecule has 6 aromatic rings. The normalized spacial score (nSPS) is 16.5. The van der Waals surface area contributed by atoms with Crippen LogP contribution in [0.3, 0.4) is 0 Å². The molecule has 1 atom stereocenters. The van der Waals surface area contributed by atoms with Gasteiger partial charge in [0.15, 0.2) is 0 Å². The van der Waals surface area contributed by atoms with Crippen molar-refractivity contribution < 1.29 is 40.1 Å². The molecule has 49 heavy (non-hydrogen) atoms. The molecule has 3 aromatic carbocycles. The summed E-state index contributed by atoms with van der Waals surface area (Å²) in [6.07, 6.45) is 5.82. The van der Waals surface area contributed by atoms with Crippen LogP contribution in [0.25, 0.3) is 27.5 Å². The van der Waals surface area contributed by atoms with Gasteiger partial charge in [0.1, 0.15) is 5.82 Å². The van der Waals surface area contributed by atoms with Crippen molar-refractivity contribution in [2.75, 3.05) is 25.0 Å². The van der Waals surface area contributed by atoms with Gasteiger partial charge < -0.3 is 0 Å². The molecule has 1 saturated heterocycles. The van der Waals surface area contributed by atoms with Crippen molar-refractivity contribution in [2.24, 2.45) is 0 Å². The van der Waals surface area contributed by atoms with Crippen molar-refractivity contribution in [1.82, 2.24) is 27.8 Å². The maximum atomic E-state index is 14.2. The number of hydrogen-bond acceptors (Lipinski definition) is 7. The Bertz CT molecular complexity index is 2220. The molecule has 13 heteroatoms. The molecule has 1 fully saturated rings. The molecule has 2 aliphatic heterocycles. The molecule has 2 N–H and O–H groups in total. The number of alkyl halides is 1. The van der Waals surface area contributed by atoms with Crippen LogP contribution >= 0.6 is 11.6 Å². The van der Waals surface area contributed by atoms with Crippen LogP contribution in [0.4, 0.5) is 10.1 Å². The van der Waals surface area contributed by atoms with Crippen LogP contribution in [0.15, 0.2) is 85.1 Å². The Balaban J connectivity index is 0.963. The Labute approximate surface area is 296 Å². The number of rotatable bonds is 10. The summed E-state index contributed by atoms with van der Waals surface area (Å²) in [7, 11) is 0. The fraction of sp³-hybridized carbons (Fsp3) is 0.222. The Morgan fingerprint density at radius 2 is 2.04 bits per heavy atom. The molecule has 0 spiro atoms. The fourth-order valence-corrected chi connectivity index (χ4v) is 8.83. The third kappa shape index (κ3) is 7.04. The minimum absolute atomic E-state index is 0.0657. The van der Waals surface area contributed by atoms with E-state index in [4.69, 9.17) is 31.0 Å². The predicted molar refractivity (Wildman–Crippen MR) is 181 cm³/mol. The summed E-state index contributed by atoms with van der Waals surface area (Å²) in [4.78, 5) is 25.4. The summed E-state index contributed by atoms with van der Waals surface area (Å²) in [5.74, 6) is 0.839. The number of nitrogens with one attached hydrogen (secondary N) is 2. The monoisotopic (exact) mass is 790 g/mol. The van der Waals surface area contributed by atoms with Gasteiger partial charge in [-0.3, -0.25) is 0 Å². The van der Waals surface area contributed by atoms with Gasteiger partial charge in [-0.15, -0.1) is 0 Å². The first-order valence-corrected chi connectivity index (χ1v) is 18.5. The molecule has 5 heterocycles. The Morgan fingerprint density at radius 3 is 2.86 bits per heavy atom. The van der Waals surface area contributed by atoms with Gasteiger partial charge in [-0.25, -0.2) is 4.39 Å². The Hall–Kier alpha value is -4.37. The summed E-state index contributed by atoms with van der Waals surface area (Å²) >= 11 is 5.38. The van der Waals surface area contributed by atoms with E-state index in [0.717, 1.165) is 71.6 Å². The molecule has 0 radical (unpaired) electrons. The van der Waals surface area contributed by atoms with E-state index in [1.54, 1.807) is 24.4 Å². The minimum atomic E-state index is -0.491. The zero-order chi connectivity index (χ0) is 33.3. The van der Waals surface area contributed by atoms with E-state index in [2.05, 4.69) is 29.3 Å². The third-order valence-corrected chi connectivity index (χ3v) is 12.0. The summed E-state index contributed by atoms with van der Waals surface area (Å²) in [5.41, 5.74) is 6.43. The second kappa shape index (κ2) is 13.9. The summed E-state index contributed by atoms with van der Waals surface area (Å²) < 4.78 is 28.5. The van der Waals surface area contributed by atoms with Crippen LogP contribution in [0, 0.1) is 5.82 Å². The third-order valence-electron chi connectivity index (χ3n) is 8.57. The number of halogens is 3. The van der Waals surface area contributed by atoms with Crippen molar-refractivity contribution in [3.05, 3.63) is 119 Å². The van der Waals surface area contributed by atoms with Gasteiger partial charge in [-0.05, 0) is 12.1 Å². The average molecular weight is 791 g/mol. The van der Waals surface area contributed by atoms with Crippen molar-refractivity contribution in [3.63, 3.8) is 0 Å². The van der Waals surface area contributed by atoms with E-state index in [0.29, 0.717) is 34.3 Å². The first-order valence-electron chi connectivity index (χ1n) is 15.9. The number of amides is 1. The van der Waals surface area contributed by atoms with Crippen LogP contribution in [0.2, 0.25) is 5.02 Å². The van der Waals surface area contributed by atoms with Gasteiger partial charge in [0.25, 0.3) is 0 Å². The number of anilines is 1. The van der Waals surface area contributed by atoms with E-state index in [1.165, 1.54) is 6.07 Å². The summed E-state index contributed by atoms with van der Waals surface area (Å²) in [5, 5.41) is 11.3. The number of imidazole rings is 1. The van der Waals surface area contributed by atoms with Gasteiger partial charge in [0.2, 0.25) is 0 Å². The number of H-pyrrole nitrogens is 1. The van der Waals surface area contributed by atoms with Gasteiger partial charge >= 0.3 is 248 Å².